The molecule has 0 saturated carbocycles. The summed E-state index contributed by atoms with van der Waals surface area (Å²) in [5, 5.41) is 0. The second-order valence-corrected chi connectivity index (χ2v) is 4.46. The zero-order valence-electron chi connectivity index (χ0n) is 8.54. The lowest BCUT2D eigenvalue weighted by Gasteiger charge is -2.13. The molecule has 15 heavy (non-hydrogen) atoms. The van der Waals surface area contributed by atoms with Crippen LogP contribution in [0.4, 0.5) is 0 Å². The number of benzene rings is 1. The van der Waals surface area contributed by atoms with Crippen LogP contribution in [0, 0.1) is 0 Å². The van der Waals surface area contributed by atoms with Gasteiger partial charge in [0.25, 0.3) is 0 Å². The first-order chi connectivity index (χ1) is 7.19. The van der Waals surface area contributed by atoms with Gasteiger partial charge in [0, 0.05) is 17.5 Å². The van der Waals surface area contributed by atoms with Gasteiger partial charge in [-0.15, -0.1) is 0 Å². The normalized spacial score (nSPS) is 18.9. The Balaban J connectivity index is 2.65. The predicted octanol–water partition coefficient (Wildman–Crippen LogP) is 2.73. The molecule has 0 spiro atoms. The van der Waals surface area contributed by atoms with E-state index < -0.39 is 0 Å². The highest BCUT2D eigenvalue weighted by atomic mass is 79.9. The number of fused-ring (bicyclic) bond motifs is 1. The summed E-state index contributed by atoms with van der Waals surface area (Å²) in [7, 11) is 3.17. The van der Waals surface area contributed by atoms with E-state index >= 15 is 0 Å². The Labute approximate surface area is 96.5 Å². The van der Waals surface area contributed by atoms with Crippen molar-refractivity contribution >= 4 is 21.7 Å². The number of rotatable bonds is 2. The van der Waals surface area contributed by atoms with Crippen molar-refractivity contribution in [2.24, 2.45) is 0 Å². The van der Waals surface area contributed by atoms with Crippen molar-refractivity contribution in [2.75, 3.05) is 14.2 Å². The van der Waals surface area contributed by atoms with E-state index in [9.17, 15) is 4.79 Å². The van der Waals surface area contributed by atoms with E-state index in [1.54, 1.807) is 26.4 Å². The Morgan fingerprint density at radius 2 is 2.07 bits per heavy atom. The SMILES string of the molecule is COc1ccc2c(c1OC)[C@@H](Br)CC2=O. The lowest BCUT2D eigenvalue weighted by atomic mass is 10.1. The predicted molar refractivity (Wildman–Crippen MR) is 60.2 cm³/mol. The highest BCUT2D eigenvalue weighted by Crippen LogP contribution is 2.46. The van der Waals surface area contributed by atoms with Crippen molar-refractivity contribution in [3.05, 3.63) is 23.3 Å². The lowest BCUT2D eigenvalue weighted by Crippen LogP contribution is -1.97. The van der Waals surface area contributed by atoms with Gasteiger partial charge in [-0.2, -0.15) is 0 Å². The maximum Gasteiger partial charge on any atom is 0.165 e. The fourth-order valence-electron chi connectivity index (χ4n) is 1.88. The van der Waals surface area contributed by atoms with Crippen molar-refractivity contribution < 1.29 is 14.3 Å². The molecule has 0 amide bonds. The first-order valence-corrected chi connectivity index (χ1v) is 5.52. The van der Waals surface area contributed by atoms with E-state index in [0.717, 1.165) is 11.1 Å². The molecule has 0 aliphatic heterocycles. The molecule has 1 aliphatic rings. The van der Waals surface area contributed by atoms with Crippen molar-refractivity contribution in [3.63, 3.8) is 0 Å². The lowest BCUT2D eigenvalue weighted by molar-refractivity contribution is 0.0994. The number of Topliss-reactive ketones (excluding diaryl/α,β-unsaturated/α-hetero) is 1. The van der Waals surface area contributed by atoms with Crippen molar-refractivity contribution in [1.82, 2.24) is 0 Å². The average molecular weight is 271 g/mol. The number of alkyl halides is 1. The Bertz CT molecular complexity index is 415. The molecule has 0 saturated heterocycles. The molecular weight excluding hydrogens is 260 g/mol. The van der Waals surface area contributed by atoms with E-state index in [4.69, 9.17) is 9.47 Å². The molecule has 0 N–H and O–H groups in total. The van der Waals surface area contributed by atoms with Gasteiger partial charge in [0.2, 0.25) is 0 Å². The Morgan fingerprint density at radius 1 is 1.33 bits per heavy atom. The summed E-state index contributed by atoms with van der Waals surface area (Å²) < 4.78 is 10.5. The molecule has 0 heterocycles. The summed E-state index contributed by atoms with van der Waals surface area (Å²) in [5.74, 6) is 1.46. The number of ether oxygens (including phenoxy) is 2. The maximum atomic E-state index is 11.6. The summed E-state index contributed by atoms with van der Waals surface area (Å²) in [4.78, 5) is 11.6. The highest BCUT2D eigenvalue weighted by Gasteiger charge is 2.32. The number of halogens is 1. The van der Waals surface area contributed by atoms with Crippen molar-refractivity contribution in [2.45, 2.75) is 11.2 Å². The second-order valence-electron chi connectivity index (χ2n) is 3.36. The molecule has 3 nitrogen and oxygen atoms in total. The quantitative estimate of drug-likeness (QED) is 0.776. The average Bonchev–Trinajstić information content (AvgIpc) is 2.53. The fraction of sp³-hybridized carbons (Fsp3) is 0.364. The van der Waals surface area contributed by atoms with Crippen LogP contribution in [-0.4, -0.2) is 20.0 Å². The molecule has 80 valence electrons. The number of hydrogen-bond donors (Lipinski definition) is 0. The van der Waals surface area contributed by atoms with Gasteiger partial charge >= 0.3 is 0 Å². The summed E-state index contributed by atoms with van der Waals surface area (Å²) in [6, 6.07) is 3.56. The maximum absolute atomic E-state index is 11.6. The van der Waals surface area contributed by atoms with Gasteiger partial charge in [0.15, 0.2) is 17.3 Å². The zero-order chi connectivity index (χ0) is 11.0. The van der Waals surface area contributed by atoms with Crippen molar-refractivity contribution in [1.29, 1.82) is 0 Å². The largest absolute Gasteiger partial charge is 0.493 e. The van der Waals surface area contributed by atoms with Crippen LogP contribution < -0.4 is 9.47 Å². The molecule has 0 bridgehead atoms. The highest BCUT2D eigenvalue weighted by molar-refractivity contribution is 9.09. The molecule has 1 aromatic rings. The first kappa shape index (κ1) is 10.5. The van der Waals surface area contributed by atoms with Crippen LogP contribution in [0.3, 0.4) is 0 Å². The van der Waals surface area contributed by atoms with E-state index in [1.807, 2.05) is 0 Å². The molecular formula is C11H11BrO3. The minimum atomic E-state index is 0.0325. The van der Waals surface area contributed by atoms with Crippen LogP contribution in [-0.2, 0) is 0 Å². The van der Waals surface area contributed by atoms with Crippen LogP contribution in [0.2, 0.25) is 0 Å². The number of hydrogen-bond acceptors (Lipinski definition) is 3. The summed E-state index contributed by atoms with van der Waals surface area (Å²) in [5.41, 5.74) is 1.64. The van der Waals surface area contributed by atoms with Gasteiger partial charge in [-0.1, -0.05) is 15.9 Å². The summed E-state index contributed by atoms with van der Waals surface area (Å²) in [6.07, 6.45) is 0.485. The molecule has 0 radical (unpaired) electrons. The summed E-state index contributed by atoms with van der Waals surface area (Å²) in [6.45, 7) is 0. The molecule has 0 unspecified atom stereocenters. The third-order valence-corrected chi connectivity index (χ3v) is 3.34. The molecule has 1 aromatic carbocycles. The summed E-state index contributed by atoms with van der Waals surface area (Å²) >= 11 is 3.48. The third-order valence-electron chi connectivity index (χ3n) is 2.56. The van der Waals surface area contributed by atoms with Gasteiger partial charge in [-0.05, 0) is 12.1 Å². The van der Waals surface area contributed by atoms with Gasteiger partial charge < -0.3 is 9.47 Å². The Hall–Kier alpha value is -1.03. The van der Waals surface area contributed by atoms with Crippen LogP contribution in [0.5, 0.6) is 11.5 Å². The fourth-order valence-corrected chi connectivity index (χ4v) is 2.63. The van der Waals surface area contributed by atoms with Gasteiger partial charge in [0.1, 0.15) is 0 Å². The molecule has 0 fully saturated rings. The molecule has 2 rings (SSSR count). The number of methoxy groups -OCH3 is 2. The minimum Gasteiger partial charge on any atom is -0.493 e. The Kier molecular flexibility index (Phi) is 2.69. The van der Waals surface area contributed by atoms with Crippen LogP contribution in [0.25, 0.3) is 0 Å². The number of carbonyl (C=O) groups is 1. The Morgan fingerprint density at radius 3 is 2.67 bits per heavy atom. The van der Waals surface area contributed by atoms with E-state index in [1.165, 1.54) is 0 Å². The minimum absolute atomic E-state index is 0.0325. The van der Waals surface area contributed by atoms with E-state index in [2.05, 4.69) is 15.9 Å². The van der Waals surface area contributed by atoms with Crippen LogP contribution in [0.15, 0.2) is 12.1 Å². The van der Waals surface area contributed by atoms with Gasteiger partial charge in [0.05, 0.1) is 19.0 Å². The second kappa shape index (κ2) is 3.85. The molecule has 0 aromatic heterocycles. The zero-order valence-corrected chi connectivity index (χ0v) is 10.1. The van der Waals surface area contributed by atoms with E-state index in [0.29, 0.717) is 17.9 Å². The standard InChI is InChI=1S/C11H11BrO3/c1-14-9-4-3-6-8(13)5-7(12)10(6)11(9)15-2/h3-4,7H,5H2,1-2H3/t7-/m0/s1. The van der Waals surface area contributed by atoms with E-state index in [-0.39, 0.29) is 10.6 Å². The van der Waals surface area contributed by atoms with Gasteiger partial charge in [-0.3, -0.25) is 4.79 Å². The third kappa shape index (κ3) is 1.53. The number of carbonyl (C=O) groups excluding carboxylic acids is 1. The molecule has 1 atom stereocenters. The monoisotopic (exact) mass is 270 g/mol. The topological polar surface area (TPSA) is 35.5 Å². The molecule has 4 heteroatoms. The smallest absolute Gasteiger partial charge is 0.165 e. The number of ketones is 1. The molecule has 1 aliphatic carbocycles. The van der Waals surface area contributed by atoms with Gasteiger partial charge in [-0.25, -0.2) is 0 Å². The van der Waals surface area contributed by atoms with Crippen LogP contribution in [0.1, 0.15) is 27.2 Å². The van der Waals surface area contributed by atoms with Crippen molar-refractivity contribution in [3.8, 4) is 11.5 Å². The first-order valence-electron chi connectivity index (χ1n) is 4.61. The van der Waals surface area contributed by atoms with Crippen LogP contribution >= 0.6 is 15.9 Å².